The number of rotatable bonds is 5. The van der Waals surface area contributed by atoms with Gasteiger partial charge in [0.05, 0.1) is 22.2 Å². The number of nitrogens with zero attached hydrogens (tertiary/aromatic N) is 3. The van der Waals surface area contributed by atoms with E-state index in [-0.39, 0.29) is 17.8 Å². The normalized spacial score (nSPS) is 15.8. The van der Waals surface area contributed by atoms with E-state index >= 15 is 0 Å². The topological polar surface area (TPSA) is 63.2 Å². The molecule has 0 atom stereocenters. The zero-order valence-corrected chi connectivity index (χ0v) is 23.6. The Morgan fingerprint density at radius 1 is 0.463 bits per heavy atom. The van der Waals surface area contributed by atoms with Gasteiger partial charge in [0, 0.05) is 11.1 Å². The predicted octanol–water partition coefficient (Wildman–Crippen LogP) is 8.07. The van der Waals surface area contributed by atoms with Crippen LogP contribution in [-0.4, -0.2) is 21.8 Å². The third-order valence-electron chi connectivity index (χ3n) is 8.51. The molecule has 1 aromatic heterocycles. The van der Waals surface area contributed by atoms with Crippen molar-refractivity contribution in [1.29, 1.82) is 0 Å². The molecule has 6 rings (SSSR count). The minimum Gasteiger partial charge on any atom is -0.273 e. The number of hydrogen-bond acceptors (Lipinski definition) is 4. The molecule has 1 fully saturated rings. The van der Waals surface area contributed by atoms with E-state index in [2.05, 4.69) is 48.5 Å². The van der Waals surface area contributed by atoms with E-state index in [9.17, 15) is 9.59 Å². The van der Waals surface area contributed by atoms with Crippen LogP contribution in [-0.2, 0) is 9.59 Å². The second-order valence-corrected chi connectivity index (χ2v) is 11.5. The van der Waals surface area contributed by atoms with Crippen molar-refractivity contribution in [3.05, 3.63) is 115 Å². The van der Waals surface area contributed by atoms with Crippen molar-refractivity contribution < 1.29 is 9.59 Å². The number of imide groups is 1. The Kier molecular flexibility index (Phi) is 6.38. The van der Waals surface area contributed by atoms with Gasteiger partial charge in [-0.05, 0) is 62.1 Å². The molecular weight excluding hydrogens is 506 g/mol. The molecule has 0 radical (unpaired) electrons. The van der Waals surface area contributed by atoms with Crippen LogP contribution in [0.2, 0.25) is 0 Å². The van der Waals surface area contributed by atoms with E-state index in [1.807, 2.05) is 94.4 Å². The van der Waals surface area contributed by atoms with Crippen LogP contribution in [0.3, 0.4) is 0 Å². The third kappa shape index (κ3) is 4.53. The largest absolute Gasteiger partial charge is 0.273 e. The highest BCUT2D eigenvalue weighted by molar-refractivity contribution is 6.24. The zero-order valence-electron chi connectivity index (χ0n) is 23.6. The van der Waals surface area contributed by atoms with Crippen LogP contribution in [0.25, 0.3) is 44.8 Å². The first-order chi connectivity index (χ1) is 19.7. The monoisotopic (exact) mass is 537 g/mol. The number of anilines is 1. The lowest BCUT2D eigenvalue weighted by atomic mass is 9.70. The number of hydrogen-bond donors (Lipinski definition) is 0. The molecule has 0 unspecified atom stereocenters. The molecule has 0 aliphatic carbocycles. The summed E-state index contributed by atoms with van der Waals surface area (Å²) in [5.41, 5.74) is 5.58. The van der Waals surface area contributed by atoms with Gasteiger partial charge in [-0.15, -0.1) is 0 Å². The minimum atomic E-state index is -0.895. The predicted molar refractivity (Wildman–Crippen MR) is 164 cm³/mol. The van der Waals surface area contributed by atoms with E-state index in [0.717, 1.165) is 33.4 Å². The maximum absolute atomic E-state index is 13.6. The summed E-state index contributed by atoms with van der Waals surface area (Å²) in [5, 5.41) is 0. The first-order valence-electron chi connectivity index (χ1n) is 13.8. The lowest BCUT2D eigenvalue weighted by molar-refractivity contribution is -0.129. The van der Waals surface area contributed by atoms with Crippen LogP contribution >= 0.6 is 0 Å². The molecule has 41 heavy (non-hydrogen) atoms. The maximum Gasteiger partial charge on any atom is 0.242 e. The fourth-order valence-electron chi connectivity index (χ4n) is 5.15. The van der Waals surface area contributed by atoms with Crippen LogP contribution in [0.15, 0.2) is 115 Å². The molecule has 1 saturated heterocycles. The molecule has 5 nitrogen and oxygen atoms in total. The molecule has 0 N–H and O–H groups in total. The summed E-state index contributed by atoms with van der Waals surface area (Å²) in [6, 6.07) is 38.5. The van der Waals surface area contributed by atoms with Crippen molar-refractivity contribution in [3.63, 3.8) is 0 Å². The number of carbonyl (C=O) groups is 2. The molecule has 0 saturated carbocycles. The molecular formula is C36H31N3O2. The lowest BCUT2D eigenvalue weighted by Crippen LogP contribution is -2.35. The zero-order chi connectivity index (χ0) is 28.8. The average molecular weight is 538 g/mol. The fraction of sp³-hybridized carbons (Fsp3) is 0.167. The van der Waals surface area contributed by atoms with Gasteiger partial charge in [0.15, 0.2) is 0 Å². The summed E-state index contributed by atoms with van der Waals surface area (Å²) in [4.78, 5) is 38.0. The molecule has 4 aromatic carbocycles. The Morgan fingerprint density at radius 3 is 1.44 bits per heavy atom. The summed E-state index contributed by atoms with van der Waals surface area (Å²) in [5.74, 6) is -0.496. The Morgan fingerprint density at radius 2 is 0.878 bits per heavy atom. The summed E-state index contributed by atoms with van der Waals surface area (Å²) in [6.45, 7) is 7.24. The average Bonchev–Trinajstić information content (AvgIpc) is 3.13. The van der Waals surface area contributed by atoms with Crippen molar-refractivity contribution in [2.24, 2.45) is 10.8 Å². The second-order valence-electron chi connectivity index (χ2n) is 11.5. The summed E-state index contributed by atoms with van der Waals surface area (Å²) in [6.07, 6.45) is 0. The highest BCUT2D eigenvalue weighted by Crippen LogP contribution is 2.48. The molecule has 1 aliphatic rings. The minimum absolute atomic E-state index is 0.100. The smallest absolute Gasteiger partial charge is 0.242 e. The lowest BCUT2D eigenvalue weighted by Gasteiger charge is -2.28. The van der Waals surface area contributed by atoms with Gasteiger partial charge in [0.1, 0.15) is 0 Å². The van der Waals surface area contributed by atoms with Gasteiger partial charge in [0.2, 0.25) is 17.8 Å². The molecule has 0 spiro atoms. The standard InChI is InChI=1S/C36H31N3O2/c1-35(2)32(40)39(33(41)36(35,3)4)34-37-30(27-20-18-26(19-21-27)24-12-7-5-8-13-24)23-31(38-34)29-17-11-16-28(22-29)25-14-9-6-10-15-25/h5-23H,1-4H3. The van der Waals surface area contributed by atoms with Crippen molar-refractivity contribution >= 4 is 17.8 Å². The molecule has 2 heterocycles. The van der Waals surface area contributed by atoms with E-state index < -0.39 is 10.8 Å². The Bertz CT molecular complexity index is 1730. The van der Waals surface area contributed by atoms with Crippen LogP contribution in [0, 0.1) is 10.8 Å². The first kappa shape index (κ1) is 26.3. The van der Waals surface area contributed by atoms with Crippen LogP contribution < -0.4 is 4.90 Å². The van der Waals surface area contributed by atoms with Crippen molar-refractivity contribution in [3.8, 4) is 44.8 Å². The molecule has 0 bridgehead atoms. The van der Waals surface area contributed by atoms with Gasteiger partial charge in [-0.1, -0.05) is 103 Å². The van der Waals surface area contributed by atoms with Gasteiger partial charge in [-0.2, -0.15) is 0 Å². The quantitative estimate of drug-likeness (QED) is 0.213. The van der Waals surface area contributed by atoms with Gasteiger partial charge in [0.25, 0.3) is 0 Å². The van der Waals surface area contributed by atoms with Crippen molar-refractivity contribution in [1.82, 2.24) is 9.97 Å². The fourth-order valence-corrected chi connectivity index (χ4v) is 5.15. The Labute approximate surface area is 240 Å². The Balaban J connectivity index is 1.49. The summed E-state index contributed by atoms with van der Waals surface area (Å²) in [7, 11) is 0. The van der Waals surface area contributed by atoms with Gasteiger partial charge in [-0.25, -0.2) is 14.9 Å². The molecule has 202 valence electrons. The molecule has 2 amide bonds. The summed E-state index contributed by atoms with van der Waals surface area (Å²) >= 11 is 0. The van der Waals surface area contributed by atoms with E-state index in [4.69, 9.17) is 9.97 Å². The van der Waals surface area contributed by atoms with Crippen LogP contribution in [0.4, 0.5) is 5.95 Å². The van der Waals surface area contributed by atoms with E-state index in [1.54, 1.807) is 0 Å². The van der Waals surface area contributed by atoms with Gasteiger partial charge >= 0.3 is 0 Å². The number of carbonyl (C=O) groups excluding carboxylic acids is 2. The van der Waals surface area contributed by atoms with Gasteiger partial charge < -0.3 is 0 Å². The Hall–Kier alpha value is -4.90. The molecule has 1 aliphatic heterocycles. The SMILES string of the molecule is CC1(C)C(=O)N(c2nc(-c3ccc(-c4ccccc4)cc3)cc(-c3cccc(-c4ccccc4)c3)n2)C(=O)C1(C)C. The highest BCUT2D eigenvalue weighted by atomic mass is 16.2. The third-order valence-corrected chi connectivity index (χ3v) is 8.51. The van der Waals surface area contributed by atoms with Crippen LogP contribution in [0.1, 0.15) is 27.7 Å². The number of benzene rings is 4. The first-order valence-corrected chi connectivity index (χ1v) is 13.8. The van der Waals surface area contributed by atoms with Crippen molar-refractivity contribution in [2.75, 3.05) is 4.90 Å². The van der Waals surface area contributed by atoms with Gasteiger partial charge in [-0.3, -0.25) is 9.59 Å². The van der Waals surface area contributed by atoms with Crippen LogP contribution in [0.5, 0.6) is 0 Å². The van der Waals surface area contributed by atoms with E-state index in [0.29, 0.717) is 11.4 Å². The number of aromatic nitrogens is 2. The highest BCUT2D eigenvalue weighted by Gasteiger charge is 2.60. The number of amides is 2. The van der Waals surface area contributed by atoms with Crippen molar-refractivity contribution in [2.45, 2.75) is 27.7 Å². The summed E-state index contributed by atoms with van der Waals surface area (Å²) < 4.78 is 0. The second kappa shape index (κ2) is 9.93. The van der Waals surface area contributed by atoms with E-state index in [1.165, 1.54) is 4.90 Å². The molecule has 5 heteroatoms. The molecule has 5 aromatic rings. The maximum atomic E-state index is 13.6.